The van der Waals surface area contributed by atoms with Crippen LogP contribution < -0.4 is 0 Å². The van der Waals surface area contributed by atoms with Gasteiger partial charge < -0.3 is 9.80 Å². The molecule has 2 aliphatic heterocycles. The number of likely N-dealkylation sites (tertiary alicyclic amines) is 1. The number of benzene rings is 1. The predicted octanol–water partition coefficient (Wildman–Crippen LogP) is 2.51. The Balaban J connectivity index is 1.72. The minimum absolute atomic E-state index is 0.116. The van der Waals surface area contributed by atoms with Crippen molar-refractivity contribution in [3.8, 4) is 0 Å². The summed E-state index contributed by atoms with van der Waals surface area (Å²) in [5.74, 6) is 0.255. The minimum atomic E-state index is -0.309. The second kappa shape index (κ2) is 8.67. The van der Waals surface area contributed by atoms with Crippen molar-refractivity contribution in [2.24, 2.45) is 0 Å². The normalized spacial score (nSPS) is 22.6. The second-order valence-electron chi connectivity index (χ2n) is 7.72. The zero-order chi connectivity index (χ0) is 18.5. The Morgan fingerprint density at radius 1 is 1.08 bits per heavy atom. The molecule has 0 aliphatic carbocycles. The maximum atomic E-state index is 13.2. The highest BCUT2D eigenvalue weighted by atomic mass is 16.2. The molecular weight excluding hydrogens is 326 g/mol. The summed E-state index contributed by atoms with van der Waals surface area (Å²) in [6.45, 7) is 8.29. The molecule has 2 heterocycles. The fourth-order valence-electron chi connectivity index (χ4n) is 3.99. The lowest BCUT2D eigenvalue weighted by molar-refractivity contribution is -0.147. The van der Waals surface area contributed by atoms with Gasteiger partial charge in [0.15, 0.2) is 0 Å². The molecule has 2 fully saturated rings. The smallest absolute Gasteiger partial charge is 0.245 e. The largest absolute Gasteiger partial charge is 0.338 e. The molecule has 0 bridgehead atoms. The number of rotatable bonds is 4. The lowest BCUT2D eigenvalue weighted by Crippen LogP contribution is -2.56. The number of piperazine rings is 1. The van der Waals surface area contributed by atoms with Crippen LogP contribution in [0, 0.1) is 0 Å². The Morgan fingerprint density at radius 3 is 2.42 bits per heavy atom. The van der Waals surface area contributed by atoms with Crippen molar-refractivity contribution in [2.45, 2.75) is 58.2 Å². The topological polar surface area (TPSA) is 43.9 Å². The van der Waals surface area contributed by atoms with E-state index in [-0.39, 0.29) is 17.9 Å². The Hall–Kier alpha value is -1.88. The zero-order valence-electron chi connectivity index (χ0n) is 16.1. The first-order valence-electron chi connectivity index (χ1n) is 9.92. The van der Waals surface area contributed by atoms with E-state index in [0.29, 0.717) is 19.0 Å². The van der Waals surface area contributed by atoms with Crippen molar-refractivity contribution < 1.29 is 9.59 Å². The molecule has 142 valence electrons. The Kier molecular flexibility index (Phi) is 6.30. The van der Waals surface area contributed by atoms with E-state index in [0.717, 1.165) is 51.0 Å². The molecule has 2 aliphatic rings. The first-order valence-corrected chi connectivity index (χ1v) is 9.92. The summed E-state index contributed by atoms with van der Waals surface area (Å²) in [5, 5.41) is 0. The van der Waals surface area contributed by atoms with Crippen LogP contribution in [-0.2, 0) is 16.1 Å². The van der Waals surface area contributed by atoms with Crippen molar-refractivity contribution >= 4 is 11.8 Å². The van der Waals surface area contributed by atoms with Gasteiger partial charge in [-0.1, -0.05) is 36.8 Å². The molecule has 0 N–H and O–H groups in total. The highest BCUT2D eigenvalue weighted by molar-refractivity contribution is 5.88. The van der Waals surface area contributed by atoms with E-state index in [9.17, 15) is 9.59 Å². The molecule has 26 heavy (non-hydrogen) atoms. The van der Waals surface area contributed by atoms with Crippen LogP contribution in [0.3, 0.4) is 0 Å². The molecule has 5 nitrogen and oxygen atoms in total. The number of nitrogens with zero attached hydrogens (tertiary/aromatic N) is 3. The van der Waals surface area contributed by atoms with Gasteiger partial charge in [-0.25, -0.2) is 0 Å². The number of hydrogen-bond donors (Lipinski definition) is 0. The first-order chi connectivity index (χ1) is 12.6. The fourth-order valence-corrected chi connectivity index (χ4v) is 3.99. The van der Waals surface area contributed by atoms with E-state index in [4.69, 9.17) is 0 Å². The summed E-state index contributed by atoms with van der Waals surface area (Å²) in [5.41, 5.74) is 1.09. The summed E-state index contributed by atoms with van der Waals surface area (Å²) < 4.78 is 0. The molecule has 0 saturated carbocycles. The van der Waals surface area contributed by atoms with Crippen LogP contribution in [0.1, 0.15) is 45.1 Å². The number of amides is 2. The average molecular weight is 357 g/mol. The van der Waals surface area contributed by atoms with Crippen molar-refractivity contribution in [1.82, 2.24) is 14.7 Å². The van der Waals surface area contributed by atoms with E-state index in [1.165, 1.54) is 0 Å². The molecule has 0 spiro atoms. The summed E-state index contributed by atoms with van der Waals surface area (Å²) in [7, 11) is 0. The summed E-state index contributed by atoms with van der Waals surface area (Å²) in [6.07, 6.45) is 3.16. The summed E-state index contributed by atoms with van der Waals surface area (Å²) in [6, 6.07) is 10.2. The van der Waals surface area contributed by atoms with Gasteiger partial charge in [0.25, 0.3) is 0 Å². The van der Waals surface area contributed by atoms with Gasteiger partial charge in [0.05, 0.1) is 0 Å². The Morgan fingerprint density at radius 2 is 1.77 bits per heavy atom. The Labute approximate surface area is 156 Å². The second-order valence-corrected chi connectivity index (χ2v) is 7.72. The maximum Gasteiger partial charge on any atom is 0.245 e. The van der Waals surface area contributed by atoms with Gasteiger partial charge in [-0.2, -0.15) is 0 Å². The molecular formula is C21H31N3O2. The van der Waals surface area contributed by atoms with E-state index in [1.807, 2.05) is 40.1 Å². The maximum absolute atomic E-state index is 13.2. The van der Waals surface area contributed by atoms with Gasteiger partial charge >= 0.3 is 0 Å². The zero-order valence-corrected chi connectivity index (χ0v) is 16.1. The molecule has 1 atom stereocenters. The lowest BCUT2D eigenvalue weighted by atomic mass is 10.1. The standard InChI is InChI=1S/C21H31N3O2/c1-17(2)22-12-14-23(15-13-22)21(26)19-10-6-7-11-20(25)24(19)16-18-8-4-3-5-9-18/h3-5,8-9,17,19H,6-7,10-16H2,1-2H3/t19-/m0/s1. The van der Waals surface area contributed by atoms with Crippen molar-refractivity contribution in [1.29, 1.82) is 0 Å². The third-order valence-electron chi connectivity index (χ3n) is 5.65. The van der Waals surface area contributed by atoms with Gasteiger partial charge in [0.2, 0.25) is 11.8 Å². The lowest BCUT2D eigenvalue weighted by Gasteiger charge is -2.40. The molecule has 3 rings (SSSR count). The van der Waals surface area contributed by atoms with Crippen LogP contribution in [0.5, 0.6) is 0 Å². The van der Waals surface area contributed by atoms with Crippen LogP contribution in [-0.4, -0.2) is 64.8 Å². The van der Waals surface area contributed by atoms with Gasteiger partial charge in [0.1, 0.15) is 6.04 Å². The van der Waals surface area contributed by atoms with Crippen LogP contribution in [0.2, 0.25) is 0 Å². The van der Waals surface area contributed by atoms with E-state index in [2.05, 4.69) is 18.7 Å². The van der Waals surface area contributed by atoms with Gasteiger partial charge in [0, 0.05) is 45.2 Å². The van der Waals surface area contributed by atoms with E-state index in [1.54, 1.807) is 0 Å². The molecule has 2 amide bonds. The van der Waals surface area contributed by atoms with Crippen LogP contribution in [0.25, 0.3) is 0 Å². The first kappa shape index (κ1) is 18.9. The van der Waals surface area contributed by atoms with Gasteiger partial charge in [-0.3, -0.25) is 14.5 Å². The van der Waals surface area contributed by atoms with Crippen molar-refractivity contribution in [2.75, 3.05) is 26.2 Å². The van der Waals surface area contributed by atoms with E-state index < -0.39 is 0 Å². The molecule has 0 aromatic heterocycles. The molecule has 1 aromatic rings. The summed E-state index contributed by atoms with van der Waals surface area (Å²) in [4.78, 5) is 32.2. The third kappa shape index (κ3) is 4.44. The van der Waals surface area contributed by atoms with E-state index >= 15 is 0 Å². The Bertz CT molecular complexity index is 609. The molecule has 0 unspecified atom stereocenters. The monoisotopic (exact) mass is 357 g/mol. The predicted molar refractivity (Wildman–Crippen MR) is 103 cm³/mol. The van der Waals surface area contributed by atoms with Crippen LogP contribution >= 0.6 is 0 Å². The van der Waals surface area contributed by atoms with Crippen LogP contribution in [0.4, 0.5) is 0 Å². The summed E-state index contributed by atoms with van der Waals surface area (Å²) >= 11 is 0. The average Bonchev–Trinajstić information content (AvgIpc) is 2.84. The molecule has 1 aromatic carbocycles. The molecule has 2 saturated heterocycles. The molecule has 0 radical (unpaired) electrons. The minimum Gasteiger partial charge on any atom is -0.338 e. The highest BCUT2D eigenvalue weighted by Crippen LogP contribution is 2.23. The van der Waals surface area contributed by atoms with Crippen molar-refractivity contribution in [3.05, 3.63) is 35.9 Å². The fraction of sp³-hybridized carbons (Fsp3) is 0.619. The van der Waals surface area contributed by atoms with Crippen molar-refractivity contribution in [3.63, 3.8) is 0 Å². The quantitative estimate of drug-likeness (QED) is 0.832. The third-order valence-corrected chi connectivity index (χ3v) is 5.65. The van der Waals surface area contributed by atoms with Gasteiger partial charge in [-0.05, 0) is 32.3 Å². The number of hydrogen-bond acceptors (Lipinski definition) is 3. The molecule has 5 heteroatoms. The highest BCUT2D eigenvalue weighted by Gasteiger charge is 2.35. The number of carbonyl (C=O) groups excluding carboxylic acids is 2. The SMILES string of the molecule is CC(C)N1CCN(C(=O)[C@@H]2CCCCC(=O)N2Cc2ccccc2)CC1. The van der Waals surface area contributed by atoms with Crippen LogP contribution in [0.15, 0.2) is 30.3 Å². The van der Waals surface area contributed by atoms with Gasteiger partial charge in [-0.15, -0.1) is 0 Å². The number of carbonyl (C=O) groups is 2.